The molecule has 3 N–H and O–H groups in total. The predicted molar refractivity (Wildman–Crippen MR) is 108 cm³/mol. The molecule has 28 heavy (non-hydrogen) atoms. The zero-order valence-corrected chi connectivity index (χ0v) is 15.7. The number of benzene rings is 2. The standard InChI is InChI=1S/C21H23N3O4/c1-14-9-15-11-19(27-2)7-8-20(15)24(12-17(10-14)23-13-25)21(26)28-18-5-3-16(22)4-6-18/h3-8,11,13,17H,1,9-10,12,22H2,2H3,(H,23,25). The predicted octanol–water partition coefficient (Wildman–Crippen LogP) is 2.90. The molecule has 0 aliphatic carbocycles. The first kappa shape index (κ1) is 19.3. The second kappa shape index (κ2) is 8.47. The fourth-order valence-electron chi connectivity index (χ4n) is 3.24. The summed E-state index contributed by atoms with van der Waals surface area (Å²) in [6.07, 6.45) is 1.22. The highest BCUT2D eigenvalue weighted by Crippen LogP contribution is 2.31. The number of hydrogen-bond donors (Lipinski definition) is 2. The molecule has 0 saturated heterocycles. The number of carbonyl (C=O) groups is 2. The Morgan fingerprint density at radius 3 is 2.64 bits per heavy atom. The molecule has 1 aliphatic rings. The number of nitrogen functional groups attached to an aromatic ring is 1. The molecule has 2 amide bonds. The van der Waals surface area contributed by atoms with Gasteiger partial charge in [0.2, 0.25) is 6.41 Å². The van der Waals surface area contributed by atoms with E-state index in [1.54, 1.807) is 37.4 Å². The molecule has 1 atom stereocenters. The number of fused-ring (bicyclic) bond motifs is 1. The highest BCUT2D eigenvalue weighted by atomic mass is 16.6. The van der Waals surface area contributed by atoms with Crippen LogP contribution in [0.3, 0.4) is 0 Å². The minimum atomic E-state index is -0.540. The number of nitrogens with one attached hydrogen (secondary N) is 1. The summed E-state index contributed by atoms with van der Waals surface area (Å²) < 4.78 is 10.8. The lowest BCUT2D eigenvalue weighted by Gasteiger charge is -2.31. The van der Waals surface area contributed by atoms with Crippen LogP contribution in [0.1, 0.15) is 12.0 Å². The Hall–Kier alpha value is -3.48. The summed E-state index contributed by atoms with van der Waals surface area (Å²) >= 11 is 0. The zero-order chi connectivity index (χ0) is 20.1. The van der Waals surface area contributed by atoms with Gasteiger partial charge in [0.05, 0.1) is 18.8 Å². The molecule has 0 radical (unpaired) electrons. The first-order valence-electron chi connectivity index (χ1n) is 8.88. The van der Waals surface area contributed by atoms with Crippen molar-refractivity contribution in [2.24, 2.45) is 0 Å². The molecule has 1 aliphatic heterocycles. The van der Waals surface area contributed by atoms with E-state index in [4.69, 9.17) is 15.2 Å². The molecule has 146 valence electrons. The average molecular weight is 381 g/mol. The van der Waals surface area contributed by atoms with Crippen LogP contribution in [0.5, 0.6) is 11.5 Å². The summed E-state index contributed by atoms with van der Waals surface area (Å²) in [5.74, 6) is 1.09. The van der Waals surface area contributed by atoms with Crippen molar-refractivity contribution in [3.8, 4) is 11.5 Å². The smallest absolute Gasteiger partial charge is 0.419 e. The first-order chi connectivity index (χ1) is 13.5. The summed E-state index contributed by atoms with van der Waals surface area (Å²) in [7, 11) is 1.59. The van der Waals surface area contributed by atoms with E-state index < -0.39 is 6.09 Å². The van der Waals surface area contributed by atoms with Crippen molar-refractivity contribution >= 4 is 23.9 Å². The molecule has 7 heteroatoms. The molecule has 0 spiro atoms. The largest absolute Gasteiger partial charge is 0.497 e. The van der Waals surface area contributed by atoms with E-state index in [-0.39, 0.29) is 12.6 Å². The summed E-state index contributed by atoms with van der Waals surface area (Å²) in [4.78, 5) is 25.5. The quantitative estimate of drug-likeness (QED) is 0.482. The highest BCUT2D eigenvalue weighted by molar-refractivity contribution is 5.90. The van der Waals surface area contributed by atoms with Crippen molar-refractivity contribution in [1.82, 2.24) is 5.32 Å². The van der Waals surface area contributed by atoms with Crippen LogP contribution in [0.15, 0.2) is 54.6 Å². The molecule has 1 unspecified atom stereocenters. The third-order valence-corrected chi connectivity index (χ3v) is 4.57. The number of amides is 2. The van der Waals surface area contributed by atoms with Crippen LogP contribution in [0.25, 0.3) is 0 Å². The van der Waals surface area contributed by atoms with Crippen molar-refractivity contribution in [1.29, 1.82) is 0 Å². The number of methoxy groups -OCH3 is 1. The van der Waals surface area contributed by atoms with Crippen molar-refractivity contribution in [2.45, 2.75) is 18.9 Å². The second-order valence-corrected chi connectivity index (χ2v) is 6.65. The minimum Gasteiger partial charge on any atom is -0.497 e. The van der Waals surface area contributed by atoms with E-state index >= 15 is 0 Å². The number of nitrogens with zero attached hydrogens (tertiary/aromatic N) is 1. The molecule has 0 bridgehead atoms. The molecule has 2 aromatic rings. The van der Waals surface area contributed by atoms with E-state index in [9.17, 15) is 9.59 Å². The Morgan fingerprint density at radius 2 is 1.96 bits per heavy atom. The van der Waals surface area contributed by atoms with Gasteiger partial charge in [-0.05, 0) is 60.9 Å². The molecule has 3 rings (SSSR count). The van der Waals surface area contributed by atoms with Gasteiger partial charge in [-0.2, -0.15) is 0 Å². The van der Waals surface area contributed by atoms with Crippen LogP contribution in [-0.2, 0) is 11.2 Å². The maximum atomic E-state index is 13.0. The van der Waals surface area contributed by atoms with Gasteiger partial charge in [-0.15, -0.1) is 0 Å². The summed E-state index contributed by atoms with van der Waals surface area (Å²) in [5.41, 5.74) is 8.82. The zero-order valence-electron chi connectivity index (χ0n) is 15.7. The van der Waals surface area contributed by atoms with Crippen LogP contribution >= 0.6 is 0 Å². The van der Waals surface area contributed by atoms with Gasteiger partial charge in [-0.1, -0.05) is 12.2 Å². The number of carbonyl (C=O) groups excluding carboxylic acids is 2. The van der Waals surface area contributed by atoms with Gasteiger partial charge in [0, 0.05) is 12.2 Å². The lowest BCUT2D eigenvalue weighted by molar-refractivity contribution is -0.110. The molecule has 0 fully saturated rings. The Kier molecular flexibility index (Phi) is 5.84. The number of rotatable bonds is 4. The van der Waals surface area contributed by atoms with Crippen LogP contribution in [-0.4, -0.2) is 32.2 Å². The summed E-state index contributed by atoms with van der Waals surface area (Å²) in [5, 5.41) is 2.76. The van der Waals surface area contributed by atoms with E-state index in [1.807, 2.05) is 12.1 Å². The Balaban J connectivity index is 1.95. The van der Waals surface area contributed by atoms with Crippen molar-refractivity contribution in [3.05, 3.63) is 60.2 Å². The third kappa shape index (κ3) is 4.43. The minimum absolute atomic E-state index is 0.255. The fourth-order valence-corrected chi connectivity index (χ4v) is 3.24. The lowest BCUT2D eigenvalue weighted by atomic mass is 9.95. The maximum absolute atomic E-state index is 13.0. The van der Waals surface area contributed by atoms with E-state index in [1.165, 1.54) is 4.90 Å². The monoisotopic (exact) mass is 381 g/mol. The Morgan fingerprint density at radius 1 is 1.25 bits per heavy atom. The average Bonchev–Trinajstić information content (AvgIpc) is 2.66. The first-order valence-corrected chi connectivity index (χ1v) is 8.88. The number of anilines is 2. The fraction of sp³-hybridized carbons (Fsp3) is 0.238. The SMILES string of the molecule is C=C1Cc2cc(OC)ccc2N(C(=O)Oc2ccc(N)cc2)CC(NC=O)C1. The van der Waals surface area contributed by atoms with Gasteiger partial charge in [-0.3, -0.25) is 9.69 Å². The van der Waals surface area contributed by atoms with Gasteiger partial charge in [0.25, 0.3) is 0 Å². The molecule has 0 aromatic heterocycles. The van der Waals surface area contributed by atoms with Gasteiger partial charge in [-0.25, -0.2) is 4.79 Å². The molecule has 2 aromatic carbocycles. The number of ether oxygens (including phenoxy) is 2. The molecule has 1 heterocycles. The summed E-state index contributed by atoms with van der Waals surface area (Å²) in [6.45, 7) is 4.36. The number of nitrogens with two attached hydrogens (primary N) is 1. The van der Waals surface area contributed by atoms with E-state index in [0.717, 1.165) is 11.1 Å². The maximum Gasteiger partial charge on any atom is 0.419 e. The van der Waals surface area contributed by atoms with Gasteiger partial charge in [0.15, 0.2) is 0 Å². The van der Waals surface area contributed by atoms with Gasteiger partial charge in [0.1, 0.15) is 11.5 Å². The second-order valence-electron chi connectivity index (χ2n) is 6.65. The van der Waals surface area contributed by atoms with Crippen LogP contribution in [0, 0.1) is 0 Å². The Bertz CT molecular complexity index is 880. The van der Waals surface area contributed by atoms with Crippen molar-refractivity contribution < 1.29 is 19.1 Å². The molecule has 0 saturated carbocycles. The van der Waals surface area contributed by atoms with Crippen LogP contribution in [0.2, 0.25) is 0 Å². The van der Waals surface area contributed by atoms with Crippen molar-refractivity contribution in [3.63, 3.8) is 0 Å². The number of hydrogen-bond acceptors (Lipinski definition) is 5. The van der Waals surface area contributed by atoms with Crippen molar-refractivity contribution in [2.75, 3.05) is 24.3 Å². The third-order valence-electron chi connectivity index (χ3n) is 4.57. The van der Waals surface area contributed by atoms with E-state index in [0.29, 0.717) is 42.1 Å². The van der Waals surface area contributed by atoms with Crippen LogP contribution < -0.4 is 25.4 Å². The molecular formula is C21H23N3O4. The molecule has 7 nitrogen and oxygen atoms in total. The van der Waals surface area contributed by atoms with E-state index in [2.05, 4.69) is 11.9 Å². The van der Waals surface area contributed by atoms with Gasteiger partial charge >= 0.3 is 6.09 Å². The Labute approximate surface area is 163 Å². The normalized spacial score (nSPS) is 16.4. The van der Waals surface area contributed by atoms with Crippen LogP contribution in [0.4, 0.5) is 16.2 Å². The highest BCUT2D eigenvalue weighted by Gasteiger charge is 2.27. The summed E-state index contributed by atoms with van der Waals surface area (Å²) in [6, 6.07) is 11.8. The van der Waals surface area contributed by atoms with Gasteiger partial charge < -0.3 is 20.5 Å². The lowest BCUT2D eigenvalue weighted by Crippen LogP contribution is -2.46. The molecular weight excluding hydrogens is 358 g/mol. The topological polar surface area (TPSA) is 93.9 Å².